The van der Waals surface area contributed by atoms with Crippen LogP contribution in [0.4, 0.5) is 0 Å². The molecule has 2 N–H and O–H groups in total. The summed E-state index contributed by atoms with van der Waals surface area (Å²) in [6.07, 6.45) is 0. The molecule has 0 saturated heterocycles. The van der Waals surface area contributed by atoms with Gasteiger partial charge in [-0.05, 0) is 27.9 Å². The fourth-order valence-electron chi connectivity index (χ4n) is 1.61. The zero-order valence-corrected chi connectivity index (χ0v) is 10.6. The van der Waals surface area contributed by atoms with Crippen LogP contribution in [0.15, 0.2) is 4.52 Å². The van der Waals surface area contributed by atoms with Gasteiger partial charge >= 0.3 is 0 Å². The van der Waals surface area contributed by atoms with Crippen molar-refractivity contribution in [2.45, 2.75) is 26.5 Å². The molecule has 1 rings (SSSR count). The van der Waals surface area contributed by atoms with Crippen LogP contribution in [0.25, 0.3) is 0 Å². The normalized spacial score (nSPS) is 12.8. The van der Waals surface area contributed by atoms with Crippen molar-refractivity contribution in [1.82, 2.24) is 15.4 Å². The Balaban J connectivity index is 2.66. The van der Waals surface area contributed by atoms with E-state index in [1.807, 2.05) is 25.9 Å². The van der Waals surface area contributed by atoms with Gasteiger partial charge in [0, 0.05) is 18.2 Å². The average molecular weight is 241 g/mol. The summed E-state index contributed by atoms with van der Waals surface area (Å²) >= 11 is 0. The van der Waals surface area contributed by atoms with E-state index in [-0.39, 0.29) is 24.2 Å². The SMILES string of the molecule is Cc1c(C(=O)NC(C)CN(C)C)noc1CO. The number of amides is 1. The molecule has 0 aromatic carbocycles. The Kier molecular flexibility index (Phi) is 4.65. The Labute approximate surface area is 101 Å². The third-order valence-corrected chi connectivity index (χ3v) is 2.40. The number of aliphatic hydroxyl groups is 1. The van der Waals surface area contributed by atoms with Gasteiger partial charge in [0.25, 0.3) is 5.91 Å². The molecule has 1 aromatic heterocycles. The number of hydrogen-bond acceptors (Lipinski definition) is 5. The number of nitrogens with one attached hydrogen (secondary N) is 1. The molecule has 0 aliphatic carbocycles. The Morgan fingerprint density at radius 1 is 1.59 bits per heavy atom. The smallest absolute Gasteiger partial charge is 0.274 e. The van der Waals surface area contributed by atoms with E-state index >= 15 is 0 Å². The van der Waals surface area contributed by atoms with Crippen molar-refractivity contribution < 1.29 is 14.4 Å². The molecule has 96 valence electrons. The monoisotopic (exact) mass is 241 g/mol. The molecule has 1 unspecified atom stereocenters. The molecule has 17 heavy (non-hydrogen) atoms. The van der Waals surface area contributed by atoms with Crippen molar-refractivity contribution in [3.63, 3.8) is 0 Å². The van der Waals surface area contributed by atoms with E-state index in [9.17, 15) is 4.79 Å². The number of hydrogen-bond donors (Lipinski definition) is 2. The number of aliphatic hydroxyl groups excluding tert-OH is 1. The summed E-state index contributed by atoms with van der Waals surface area (Å²) in [4.78, 5) is 13.8. The predicted octanol–water partition coefficient (Wildman–Crippen LogP) is 0.155. The van der Waals surface area contributed by atoms with E-state index in [4.69, 9.17) is 9.63 Å². The van der Waals surface area contributed by atoms with Gasteiger partial charge < -0.3 is 19.8 Å². The maximum Gasteiger partial charge on any atom is 0.274 e. The molecule has 0 spiro atoms. The zero-order valence-electron chi connectivity index (χ0n) is 10.6. The molecule has 1 amide bonds. The highest BCUT2D eigenvalue weighted by atomic mass is 16.5. The van der Waals surface area contributed by atoms with Gasteiger partial charge in [0.15, 0.2) is 11.5 Å². The van der Waals surface area contributed by atoms with E-state index < -0.39 is 0 Å². The van der Waals surface area contributed by atoms with Gasteiger partial charge in [0.1, 0.15) is 6.61 Å². The van der Waals surface area contributed by atoms with E-state index in [0.717, 1.165) is 6.54 Å². The lowest BCUT2D eigenvalue weighted by atomic mass is 10.2. The molecule has 6 nitrogen and oxygen atoms in total. The van der Waals surface area contributed by atoms with Crippen LogP contribution in [0.1, 0.15) is 28.7 Å². The Morgan fingerprint density at radius 3 is 2.71 bits per heavy atom. The fourth-order valence-corrected chi connectivity index (χ4v) is 1.61. The van der Waals surface area contributed by atoms with Crippen molar-refractivity contribution in [2.24, 2.45) is 0 Å². The van der Waals surface area contributed by atoms with E-state index in [2.05, 4.69) is 10.5 Å². The molecular formula is C11H19N3O3. The van der Waals surface area contributed by atoms with Crippen LogP contribution < -0.4 is 5.32 Å². The third-order valence-electron chi connectivity index (χ3n) is 2.40. The zero-order chi connectivity index (χ0) is 13.0. The average Bonchev–Trinajstić information content (AvgIpc) is 2.57. The highest BCUT2D eigenvalue weighted by molar-refractivity contribution is 5.93. The molecule has 6 heteroatoms. The van der Waals surface area contributed by atoms with Crippen LogP contribution in [0.3, 0.4) is 0 Å². The number of carbonyl (C=O) groups is 1. The summed E-state index contributed by atoms with van der Waals surface area (Å²) in [6, 6.07) is 0.0196. The van der Waals surface area contributed by atoms with Crippen LogP contribution in [-0.2, 0) is 6.61 Å². The lowest BCUT2D eigenvalue weighted by Gasteiger charge is -2.17. The first kappa shape index (κ1) is 13.7. The maximum absolute atomic E-state index is 11.9. The Bertz CT molecular complexity index is 387. The van der Waals surface area contributed by atoms with Crippen molar-refractivity contribution in [3.8, 4) is 0 Å². The first-order valence-electron chi connectivity index (χ1n) is 5.47. The van der Waals surface area contributed by atoms with Crippen molar-refractivity contribution in [3.05, 3.63) is 17.0 Å². The second kappa shape index (κ2) is 5.79. The van der Waals surface area contributed by atoms with E-state index in [1.54, 1.807) is 6.92 Å². The third kappa shape index (κ3) is 3.54. The van der Waals surface area contributed by atoms with Gasteiger partial charge in [-0.15, -0.1) is 0 Å². The van der Waals surface area contributed by atoms with Crippen LogP contribution in [-0.4, -0.2) is 47.8 Å². The minimum Gasteiger partial charge on any atom is -0.388 e. The van der Waals surface area contributed by atoms with Crippen LogP contribution in [0.2, 0.25) is 0 Å². The number of aromatic nitrogens is 1. The van der Waals surface area contributed by atoms with Gasteiger partial charge in [-0.2, -0.15) is 0 Å². The lowest BCUT2D eigenvalue weighted by molar-refractivity contribution is 0.0924. The van der Waals surface area contributed by atoms with Crippen molar-refractivity contribution in [1.29, 1.82) is 0 Å². The number of nitrogens with zero attached hydrogens (tertiary/aromatic N) is 2. The topological polar surface area (TPSA) is 78.6 Å². The molecule has 0 radical (unpaired) electrons. The van der Waals surface area contributed by atoms with Gasteiger partial charge in [-0.3, -0.25) is 4.79 Å². The van der Waals surface area contributed by atoms with Crippen LogP contribution in [0, 0.1) is 6.92 Å². The number of likely N-dealkylation sites (N-methyl/N-ethyl adjacent to an activating group) is 1. The minimum atomic E-state index is -0.277. The number of rotatable bonds is 5. The molecular weight excluding hydrogens is 222 g/mol. The summed E-state index contributed by atoms with van der Waals surface area (Å²) in [5, 5.41) is 15.4. The molecule has 0 fully saturated rings. The predicted molar refractivity (Wildman–Crippen MR) is 62.6 cm³/mol. The maximum atomic E-state index is 11.9. The second-order valence-electron chi connectivity index (χ2n) is 4.37. The molecule has 0 saturated carbocycles. The highest BCUT2D eigenvalue weighted by Crippen LogP contribution is 2.12. The molecule has 0 aliphatic rings. The first-order chi connectivity index (χ1) is 7.95. The van der Waals surface area contributed by atoms with Gasteiger partial charge in [-0.1, -0.05) is 5.16 Å². The van der Waals surface area contributed by atoms with E-state index in [0.29, 0.717) is 11.3 Å². The Hall–Kier alpha value is -1.40. The minimum absolute atomic E-state index is 0.0196. The molecule has 1 aromatic rings. The summed E-state index contributed by atoms with van der Waals surface area (Å²) in [5.74, 6) is 0.0516. The first-order valence-corrected chi connectivity index (χ1v) is 5.47. The van der Waals surface area contributed by atoms with Gasteiger partial charge in [0.05, 0.1) is 0 Å². The fraction of sp³-hybridized carbons (Fsp3) is 0.636. The standard InChI is InChI=1S/C11H19N3O3/c1-7(5-14(3)4)12-11(16)10-8(2)9(6-15)17-13-10/h7,15H,5-6H2,1-4H3,(H,12,16). The number of carbonyl (C=O) groups excluding carboxylic acids is 1. The van der Waals surface area contributed by atoms with Crippen LogP contribution in [0.5, 0.6) is 0 Å². The van der Waals surface area contributed by atoms with Gasteiger partial charge in [0.2, 0.25) is 0 Å². The largest absolute Gasteiger partial charge is 0.388 e. The van der Waals surface area contributed by atoms with Crippen molar-refractivity contribution in [2.75, 3.05) is 20.6 Å². The molecule has 0 aliphatic heterocycles. The lowest BCUT2D eigenvalue weighted by Crippen LogP contribution is -2.39. The molecule has 1 heterocycles. The summed E-state index contributed by atoms with van der Waals surface area (Å²) in [6.45, 7) is 4.11. The quantitative estimate of drug-likeness (QED) is 0.767. The van der Waals surface area contributed by atoms with Crippen LogP contribution >= 0.6 is 0 Å². The van der Waals surface area contributed by atoms with E-state index in [1.165, 1.54) is 0 Å². The van der Waals surface area contributed by atoms with Gasteiger partial charge in [-0.25, -0.2) is 0 Å². The highest BCUT2D eigenvalue weighted by Gasteiger charge is 2.19. The second-order valence-corrected chi connectivity index (χ2v) is 4.37. The summed E-state index contributed by atoms with van der Waals surface area (Å²) in [7, 11) is 3.88. The van der Waals surface area contributed by atoms with Crippen molar-refractivity contribution >= 4 is 5.91 Å². The molecule has 1 atom stereocenters. The summed E-state index contributed by atoms with van der Waals surface area (Å²) in [5.41, 5.74) is 0.821. The molecule has 0 bridgehead atoms. The summed E-state index contributed by atoms with van der Waals surface area (Å²) < 4.78 is 4.86. The Morgan fingerprint density at radius 2 is 2.24 bits per heavy atom.